The first-order valence-electron chi connectivity index (χ1n) is 6.73. The average Bonchev–Trinajstić information content (AvgIpc) is 3.25. The molecule has 4 rings (SSSR count). The van der Waals surface area contributed by atoms with Gasteiger partial charge in [0, 0.05) is 6.07 Å². The molecule has 9 nitrogen and oxygen atoms in total. The Kier molecular flexibility index (Phi) is 3.15. The summed E-state index contributed by atoms with van der Waals surface area (Å²) >= 11 is 0. The molecule has 1 aliphatic heterocycles. The van der Waals surface area contributed by atoms with E-state index >= 15 is 0 Å². The first-order chi connectivity index (χ1) is 11.3. The van der Waals surface area contributed by atoms with Gasteiger partial charge in [0.05, 0.1) is 6.20 Å². The lowest BCUT2D eigenvalue weighted by Crippen LogP contribution is -2.40. The molecule has 0 spiro atoms. The number of anilines is 1. The third-order valence-corrected chi connectivity index (χ3v) is 3.10. The molecule has 1 N–H and O–H groups in total. The topological polar surface area (TPSA) is 113 Å². The highest BCUT2D eigenvalue weighted by molar-refractivity contribution is 5.93. The fourth-order valence-electron chi connectivity index (χ4n) is 2.03. The number of rotatable bonds is 3. The van der Waals surface area contributed by atoms with Crippen molar-refractivity contribution in [2.24, 2.45) is 0 Å². The van der Waals surface area contributed by atoms with Gasteiger partial charge in [-0.05, 0) is 12.1 Å². The Labute approximate surface area is 129 Å². The van der Waals surface area contributed by atoms with Crippen molar-refractivity contribution in [1.29, 1.82) is 0 Å². The maximum absolute atomic E-state index is 12.2. The van der Waals surface area contributed by atoms with E-state index in [1.807, 2.05) is 6.07 Å². The van der Waals surface area contributed by atoms with Gasteiger partial charge in [0.15, 0.2) is 11.5 Å². The number of hydrogen-bond acceptors (Lipinski definition) is 8. The SMILES string of the molecule is O=C(Nc1nnc(-c2ccno2)o1)C1COc2ccccc2O1. The number of aromatic nitrogens is 3. The molecule has 3 heterocycles. The summed E-state index contributed by atoms with van der Waals surface area (Å²) in [6.45, 7) is 0.0892. The van der Waals surface area contributed by atoms with Gasteiger partial charge in [0.1, 0.15) is 6.61 Å². The lowest BCUT2D eigenvalue weighted by Gasteiger charge is -2.24. The Morgan fingerprint density at radius 1 is 1.17 bits per heavy atom. The normalized spacial score (nSPS) is 16.1. The highest BCUT2D eigenvalue weighted by Gasteiger charge is 2.28. The van der Waals surface area contributed by atoms with Crippen LogP contribution < -0.4 is 14.8 Å². The molecule has 0 saturated heterocycles. The van der Waals surface area contributed by atoms with E-state index in [0.29, 0.717) is 17.3 Å². The highest BCUT2D eigenvalue weighted by atomic mass is 16.6. The molecule has 0 aliphatic carbocycles. The number of hydrogen-bond donors (Lipinski definition) is 1. The Morgan fingerprint density at radius 3 is 2.87 bits per heavy atom. The van der Waals surface area contributed by atoms with Crippen molar-refractivity contribution in [1.82, 2.24) is 15.4 Å². The lowest BCUT2D eigenvalue weighted by atomic mass is 10.2. The largest absolute Gasteiger partial charge is 0.485 e. The summed E-state index contributed by atoms with van der Waals surface area (Å²) in [5.41, 5.74) is 0. The number of carbonyl (C=O) groups is 1. The van der Waals surface area contributed by atoms with Crippen LogP contribution in [-0.2, 0) is 4.79 Å². The van der Waals surface area contributed by atoms with Gasteiger partial charge < -0.3 is 18.4 Å². The van der Waals surface area contributed by atoms with Crippen molar-refractivity contribution < 1.29 is 23.2 Å². The van der Waals surface area contributed by atoms with Gasteiger partial charge in [-0.25, -0.2) is 0 Å². The van der Waals surface area contributed by atoms with Crippen LogP contribution in [0, 0.1) is 0 Å². The number of para-hydroxylation sites is 2. The monoisotopic (exact) mass is 314 g/mol. The molecule has 2 aromatic heterocycles. The van der Waals surface area contributed by atoms with Gasteiger partial charge >= 0.3 is 6.01 Å². The Bertz CT molecular complexity index is 829. The average molecular weight is 314 g/mol. The first kappa shape index (κ1) is 13.3. The third kappa shape index (κ3) is 2.59. The number of carbonyl (C=O) groups excluding carboxylic acids is 1. The van der Waals surface area contributed by atoms with Crippen molar-refractivity contribution >= 4 is 11.9 Å². The van der Waals surface area contributed by atoms with E-state index in [-0.39, 0.29) is 18.5 Å². The van der Waals surface area contributed by atoms with Crippen LogP contribution in [-0.4, -0.2) is 34.0 Å². The van der Waals surface area contributed by atoms with Crippen LogP contribution in [0.2, 0.25) is 0 Å². The van der Waals surface area contributed by atoms with E-state index in [4.69, 9.17) is 18.4 Å². The van der Waals surface area contributed by atoms with Crippen molar-refractivity contribution in [3.05, 3.63) is 36.5 Å². The molecule has 1 aliphatic rings. The van der Waals surface area contributed by atoms with Crippen LogP contribution in [0.15, 0.2) is 45.5 Å². The summed E-state index contributed by atoms with van der Waals surface area (Å²) in [5.74, 6) is 1.08. The van der Waals surface area contributed by atoms with Gasteiger partial charge in [-0.3, -0.25) is 10.1 Å². The first-order valence-corrected chi connectivity index (χ1v) is 6.73. The summed E-state index contributed by atoms with van der Waals surface area (Å²) in [4.78, 5) is 12.2. The molecule has 1 aromatic carbocycles. The molecule has 3 aromatic rings. The minimum absolute atomic E-state index is 0.0659. The van der Waals surface area contributed by atoms with Crippen LogP contribution in [0.1, 0.15) is 0 Å². The van der Waals surface area contributed by atoms with Crippen LogP contribution in [0.3, 0.4) is 0 Å². The minimum atomic E-state index is -0.814. The molecule has 23 heavy (non-hydrogen) atoms. The highest BCUT2D eigenvalue weighted by Crippen LogP contribution is 2.31. The van der Waals surface area contributed by atoms with Gasteiger partial charge in [-0.2, -0.15) is 0 Å². The molecule has 0 bridgehead atoms. The fraction of sp³-hybridized carbons (Fsp3) is 0.143. The third-order valence-electron chi connectivity index (χ3n) is 3.10. The lowest BCUT2D eigenvalue weighted by molar-refractivity contribution is -0.125. The second kappa shape index (κ2) is 5.44. The van der Waals surface area contributed by atoms with Gasteiger partial charge in [0.2, 0.25) is 11.9 Å². The summed E-state index contributed by atoms with van der Waals surface area (Å²) in [5, 5.41) is 13.5. The van der Waals surface area contributed by atoms with Gasteiger partial charge in [0.25, 0.3) is 11.8 Å². The number of benzene rings is 1. The molecule has 0 saturated carbocycles. The maximum Gasteiger partial charge on any atom is 0.322 e. The number of nitrogens with one attached hydrogen (secondary N) is 1. The fourth-order valence-corrected chi connectivity index (χ4v) is 2.03. The number of ether oxygens (including phenoxy) is 2. The van der Waals surface area contributed by atoms with E-state index in [0.717, 1.165) is 0 Å². The molecule has 1 atom stereocenters. The van der Waals surface area contributed by atoms with Crippen molar-refractivity contribution in [2.45, 2.75) is 6.10 Å². The van der Waals surface area contributed by atoms with Gasteiger partial charge in [-0.1, -0.05) is 22.4 Å². The van der Waals surface area contributed by atoms with Crippen molar-refractivity contribution in [3.63, 3.8) is 0 Å². The zero-order chi connectivity index (χ0) is 15.6. The molecule has 116 valence electrons. The zero-order valence-corrected chi connectivity index (χ0v) is 11.6. The molecule has 9 heteroatoms. The molecular weight excluding hydrogens is 304 g/mol. The van der Waals surface area contributed by atoms with E-state index in [9.17, 15) is 4.79 Å². The van der Waals surface area contributed by atoms with E-state index in [2.05, 4.69) is 20.7 Å². The Morgan fingerprint density at radius 2 is 2.04 bits per heavy atom. The molecule has 0 radical (unpaired) electrons. The van der Waals surface area contributed by atoms with Gasteiger partial charge in [-0.15, -0.1) is 5.10 Å². The summed E-state index contributed by atoms with van der Waals surface area (Å²) in [6, 6.07) is 8.61. The van der Waals surface area contributed by atoms with E-state index < -0.39 is 12.0 Å². The summed E-state index contributed by atoms with van der Waals surface area (Å²) in [6.07, 6.45) is 0.633. The van der Waals surface area contributed by atoms with E-state index in [1.54, 1.807) is 24.3 Å². The predicted molar refractivity (Wildman–Crippen MR) is 74.8 cm³/mol. The summed E-state index contributed by atoms with van der Waals surface area (Å²) in [7, 11) is 0. The maximum atomic E-state index is 12.2. The summed E-state index contributed by atoms with van der Waals surface area (Å²) < 4.78 is 21.2. The van der Waals surface area contributed by atoms with Crippen molar-refractivity contribution in [3.8, 4) is 23.1 Å². The Balaban J connectivity index is 1.45. The number of amides is 1. The van der Waals surface area contributed by atoms with Crippen LogP contribution in [0.4, 0.5) is 6.01 Å². The number of nitrogens with zero attached hydrogens (tertiary/aromatic N) is 3. The van der Waals surface area contributed by atoms with Crippen LogP contribution >= 0.6 is 0 Å². The molecule has 1 unspecified atom stereocenters. The second-order valence-corrected chi connectivity index (χ2v) is 4.64. The molecule has 0 fully saturated rings. The smallest absolute Gasteiger partial charge is 0.322 e. The molecular formula is C14H10N4O5. The van der Waals surface area contributed by atoms with Crippen LogP contribution in [0.25, 0.3) is 11.7 Å². The van der Waals surface area contributed by atoms with Crippen LogP contribution in [0.5, 0.6) is 11.5 Å². The minimum Gasteiger partial charge on any atom is -0.485 e. The second-order valence-electron chi connectivity index (χ2n) is 4.64. The quantitative estimate of drug-likeness (QED) is 0.774. The molecule has 1 amide bonds. The van der Waals surface area contributed by atoms with Crippen molar-refractivity contribution in [2.75, 3.05) is 11.9 Å². The Hall–Kier alpha value is -3.36. The zero-order valence-electron chi connectivity index (χ0n) is 11.6. The standard InChI is InChI=1S/C14H10N4O5/c19-12(11-7-20-8-3-1-2-4-9(8)21-11)16-14-18-17-13(22-14)10-5-6-15-23-10/h1-6,11H,7H2,(H,16,18,19). The predicted octanol–water partition coefficient (Wildman–Crippen LogP) is 1.50. The van der Waals surface area contributed by atoms with E-state index in [1.165, 1.54) is 6.20 Å². The number of fused-ring (bicyclic) bond motifs is 1.